The summed E-state index contributed by atoms with van der Waals surface area (Å²) in [6.45, 7) is 2.40. The molecule has 0 unspecified atom stereocenters. The van der Waals surface area contributed by atoms with Gasteiger partial charge in [0, 0.05) is 52.1 Å². The lowest BCUT2D eigenvalue weighted by Crippen LogP contribution is -2.52. The van der Waals surface area contributed by atoms with Gasteiger partial charge in [0.05, 0.1) is 12.1 Å². The van der Waals surface area contributed by atoms with Crippen LogP contribution in [0.25, 0.3) is 0 Å². The van der Waals surface area contributed by atoms with Crippen molar-refractivity contribution < 1.29 is 8.42 Å². The van der Waals surface area contributed by atoms with Crippen LogP contribution in [0.3, 0.4) is 0 Å². The Balaban J connectivity index is 2.74. The van der Waals surface area contributed by atoms with Crippen LogP contribution < -0.4 is 5.32 Å². The van der Waals surface area contributed by atoms with Crippen LogP contribution >= 0.6 is 0 Å². The third-order valence-electron chi connectivity index (χ3n) is 2.67. The smallest absolute Gasteiger partial charge is 0.282 e. The molecule has 0 aromatic carbocycles. The number of piperazine rings is 1. The molecule has 0 aromatic heterocycles. The summed E-state index contributed by atoms with van der Waals surface area (Å²) in [5, 5.41) is 20.2. The van der Waals surface area contributed by atoms with Crippen molar-refractivity contribution in [2.24, 2.45) is 0 Å². The van der Waals surface area contributed by atoms with Gasteiger partial charge in [0.15, 0.2) is 0 Å². The monoisotopic (exact) mass is 271 g/mol. The van der Waals surface area contributed by atoms with E-state index in [1.54, 1.807) is 0 Å². The highest BCUT2D eigenvalue weighted by Gasteiger charge is 2.29. The van der Waals surface area contributed by atoms with Gasteiger partial charge in [-0.2, -0.15) is 27.6 Å². The number of nitrogens with one attached hydrogen (secondary N) is 1. The van der Waals surface area contributed by atoms with Crippen molar-refractivity contribution in [3.8, 4) is 12.1 Å². The van der Waals surface area contributed by atoms with Crippen LogP contribution in [-0.4, -0.2) is 56.3 Å². The van der Waals surface area contributed by atoms with Gasteiger partial charge in [-0.1, -0.05) is 0 Å². The molecule has 1 aliphatic rings. The molecule has 0 aliphatic carbocycles. The van der Waals surface area contributed by atoms with Crippen molar-refractivity contribution in [1.29, 1.82) is 10.5 Å². The molecule has 0 bridgehead atoms. The van der Waals surface area contributed by atoms with Gasteiger partial charge < -0.3 is 5.32 Å². The first-order valence-electron chi connectivity index (χ1n) is 5.82. The SMILES string of the molecule is N#CCCN(CCC#N)S(=O)(=O)N1CCNCC1. The lowest BCUT2D eigenvalue weighted by Gasteiger charge is -2.31. The maximum Gasteiger partial charge on any atom is 0.282 e. The summed E-state index contributed by atoms with van der Waals surface area (Å²) in [5.41, 5.74) is 0. The number of hydrogen-bond donors (Lipinski definition) is 1. The largest absolute Gasteiger partial charge is 0.314 e. The molecular formula is C10H17N5O2S. The standard InChI is InChI=1S/C10H17N5O2S/c11-3-1-7-14(8-2-4-12)18(16,17)15-9-5-13-6-10-15/h13H,1-2,5-10H2. The van der Waals surface area contributed by atoms with Gasteiger partial charge in [-0.05, 0) is 0 Å². The molecule has 0 spiro atoms. The normalized spacial score (nSPS) is 17.3. The summed E-state index contributed by atoms with van der Waals surface area (Å²) < 4.78 is 27.2. The average Bonchev–Trinajstić information content (AvgIpc) is 2.39. The van der Waals surface area contributed by atoms with Crippen molar-refractivity contribution in [3.63, 3.8) is 0 Å². The number of rotatable bonds is 6. The maximum atomic E-state index is 12.3. The summed E-state index contributed by atoms with van der Waals surface area (Å²) >= 11 is 0. The molecule has 0 amide bonds. The van der Waals surface area contributed by atoms with Gasteiger partial charge in [0.25, 0.3) is 10.2 Å². The van der Waals surface area contributed by atoms with Crippen LogP contribution in [0.1, 0.15) is 12.8 Å². The molecule has 0 aromatic rings. The molecule has 7 nitrogen and oxygen atoms in total. The minimum absolute atomic E-state index is 0.136. The van der Waals surface area contributed by atoms with Crippen molar-refractivity contribution in [3.05, 3.63) is 0 Å². The van der Waals surface area contributed by atoms with Crippen LogP contribution in [0, 0.1) is 22.7 Å². The fourth-order valence-corrected chi connectivity index (χ4v) is 3.34. The molecule has 8 heteroatoms. The Labute approximate surface area is 108 Å². The van der Waals surface area contributed by atoms with Crippen LogP contribution in [-0.2, 0) is 10.2 Å². The molecule has 1 rings (SSSR count). The second-order valence-electron chi connectivity index (χ2n) is 3.87. The summed E-state index contributed by atoms with van der Waals surface area (Å²) in [5.74, 6) is 0. The van der Waals surface area contributed by atoms with E-state index in [2.05, 4.69) is 5.32 Å². The van der Waals surface area contributed by atoms with Crippen LogP contribution in [0.2, 0.25) is 0 Å². The van der Waals surface area contributed by atoms with E-state index in [9.17, 15) is 8.42 Å². The van der Waals surface area contributed by atoms with E-state index in [1.165, 1.54) is 8.61 Å². The number of hydrogen-bond acceptors (Lipinski definition) is 5. The second kappa shape index (κ2) is 7.29. The zero-order chi connectivity index (χ0) is 13.4. The van der Waals surface area contributed by atoms with Gasteiger partial charge in [-0.3, -0.25) is 0 Å². The number of nitrogens with zero attached hydrogens (tertiary/aromatic N) is 4. The maximum absolute atomic E-state index is 12.3. The van der Waals surface area contributed by atoms with E-state index in [4.69, 9.17) is 10.5 Å². The fraction of sp³-hybridized carbons (Fsp3) is 0.800. The van der Waals surface area contributed by atoms with Crippen molar-refractivity contribution in [1.82, 2.24) is 13.9 Å². The molecule has 0 radical (unpaired) electrons. The van der Waals surface area contributed by atoms with E-state index in [0.717, 1.165) is 0 Å². The van der Waals surface area contributed by atoms with Gasteiger partial charge in [0.2, 0.25) is 0 Å². The molecule has 0 atom stereocenters. The molecular weight excluding hydrogens is 254 g/mol. The lowest BCUT2D eigenvalue weighted by molar-refractivity contribution is 0.314. The second-order valence-corrected chi connectivity index (χ2v) is 5.80. The molecule has 100 valence electrons. The third kappa shape index (κ3) is 3.93. The third-order valence-corrected chi connectivity index (χ3v) is 4.71. The predicted molar refractivity (Wildman–Crippen MR) is 65.4 cm³/mol. The van der Waals surface area contributed by atoms with Crippen molar-refractivity contribution in [2.45, 2.75) is 12.8 Å². The highest BCUT2D eigenvalue weighted by atomic mass is 32.2. The Morgan fingerprint density at radius 2 is 1.61 bits per heavy atom. The van der Waals surface area contributed by atoms with Gasteiger partial charge in [-0.15, -0.1) is 0 Å². The summed E-state index contributed by atoms with van der Waals surface area (Å²) in [7, 11) is -3.54. The number of nitriles is 2. The Morgan fingerprint density at radius 1 is 1.11 bits per heavy atom. The first-order chi connectivity index (χ1) is 8.62. The zero-order valence-corrected chi connectivity index (χ0v) is 11.0. The van der Waals surface area contributed by atoms with E-state index in [1.807, 2.05) is 12.1 Å². The minimum Gasteiger partial charge on any atom is -0.314 e. The van der Waals surface area contributed by atoms with Crippen molar-refractivity contribution >= 4 is 10.2 Å². The topological polar surface area (TPSA) is 100 Å². The molecule has 18 heavy (non-hydrogen) atoms. The molecule has 1 aliphatic heterocycles. The average molecular weight is 271 g/mol. The molecule has 1 fully saturated rings. The van der Waals surface area contributed by atoms with E-state index in [-0.39, 0.29) is 25.9 Å². The van der Waals surface area contributed by atoms with E-state index in [0.29, 0.717) is 26.2 Å². The van der Waals surface area contributed by atoms with Gasteiger partial charge >= 0.3 is 0 Å². The Hall–Kier alpha value is -1.19. The van der Waals surface area contributed by atoms with Crippen molar-refractivity contribution in [2.75, 3.05) is 39.3 Å². The zero-order valence-electron chi connectivity index (χ0n) is 10.2. The van der Waals surface area contributed by atoms with E-state index >= 15 is 0 Å². The highest BCUT2D eigenvalue weighted by Crippen LogP contribution is 2.10. The first kappa shape index (κ1) is 14.9. The van der Waals surface area contributed by atoms with Crippen LogP contribution in [0.4, 0.5) is 0 Å². The molecule has 1 N–H and O–H groups in total. The first-order valence-corrected chi connectivity index (χ1v) is 7.22. The van der Waals surface area contributed by atoms with E-state index < -0.39 is 10.2 Å². The van der Waals surface area contributed by atoms with Gasteiger partial charge in [0.1, 0.15) is 0 Å². The quantitative estimate of drug-likeness (QED) is 0.686. The Kier molecular flexibility index (Phi) is 6.02. The summed E-state index contributed by atoms with van der Waals surface area (Å²) in [4.78, 5) is 0. The van der Waals surface area contributed by atoms with Gasteiger partial charge in [-0.25, -0.2) is 0 Å². The predicted octanol–water partition coefficient (Wildman–Crippen LogP) is -0.734. The Bertz CT molecular complexity index is 412. The van der Waals surface area contributed by atoms with Crippen LogP contribution in [0.5, 0.6) is 0 Å². The lowest BCUT2D eigenvalue weighted by atomic mass is 10.4. The summed E-state index contributed by atoms with van der Waals surface area (Å²) in [6.07, 6.45) is 0.271. The minimum atomic E-state index is -3.54. The van der Waals surface area contributed by atoms with Crippen LogP contribution in [0.15, 0.2) is 0 Å². The highest BCUT2D eigenvalue weighted by molar-refractivity contribution is 7.86. The molecule has 1 heterocycles. The summed E-state index contributed by atoms with van der Waals surface area (Å²) in [6, 6.07) is 3.86. The molecule has 1 saturated heterocycles. The Morgan fingerprint density at radius 3 is 2.06 bits per heavy atom. The fourth-order valence-electron chi connectivity index (χ4n) is 1.73. The molecule has 0 saturated carbocycles.